The highest BCUT2D eigenvalue weighted by molar-refractivity contribution is 7.80. The number of thiophene rings is 1. The van der Waals surface area contributed by atoms with Crippen LogP contribution < -0.4 is 10.6 Å². The normalized spacial score (nSPS) is 18.1. The number of thiocarbonyl (C=S) groups is 1. The summed E-state index contributed by atoms with van der Waals surface area (Å²) < 4.78 is 5.64. The molecule has 4 rings (SSSR count). The summed E-state index contributed by atoms with van der Waals surface area (Å²) in [5.74, 6) is 0.258. The number of H-pyrrole nitrogens is 1. The zero-order chi connectivity index (χ0) is 17.8. The fraction of sp³-hybridized carbons (Fsp3) is 0.350. The van der Waals surface area contributed by atoms with E-state index in [1.54, 1.807) is 11.3 Å². The molecule has 4 nitrogen and oxygen atoms in total. The number of benzene rings is 1. The highest BCUT2D eigenvalue weighted by atomic mass is 32.1. The number of aromatic nitrogens is 1. The third-order valence-corrected chi connectivity index (χ3v) is 6.14. The molecule has 0 bridgehead atoms. The second-order valence-electron chi connectivity index (χ2n) is 6.58. The first-order valence-corrected chi connectivity index (χ1v) is 10.3. The number of fused-ring (bicyclic) bond motifs is 1. The van der Waals surface area contributed by atoms with Gasteiger partial charge in [0.2, 0.25) is 0 Å². The maximum atomic E-state index is 5.64. The van der Waals surface area contributed by atoms with Gasteiger partial charge in [0.05, 0.1) is 6.10 Å². The molecular weight excluding hydrogens is 362 g/mol. The number of para-hydroxylation sites is 1. The lowest BCUT2D eigenvalue weighted by Crippen LogP contribution is -2.41. The molecule has 6 heteroatoms. The summed E-state index contributed by atoms with van der Waals surface area (Å²) >= 11 is 7.27. The molecule has 0 amide bonds. The Bertz CT molecular complexity index is 853. The van der Waals surface area contributed by atoms with E-state index in [9.17, 15) is 0 Å². The molecule has 1 aliphatic rings. The minimum absolute atomic E-state index is 0.258. The van der Waals surface area contributed by atoms with Crippen LogP contribution in [0.25, 0.3) is 10.9 Å². The molecule has 2 atom stereocenters. The molecule has 1 fully saturated rings. The van der Waals surface area contributed by atoms with E-state index in [-0.39, 0.29) is 12.0 Å². The molecule has 26 heavy (non-hydrogen) atoms. The van der Waals surface area contributed by atoms with Crippen LogP contribution >= 0.6 is 23.6 Å². The van der Waals surface area contributed by atoms with Gasteiger partial charge in [-0.2, -0.15) is 0 Å². The van der Waals surface area contributed by atoms with Gasteiger partial charge in [0.15, 0.2) is 5.11 Å². The molecule has 0 aliphatic carbocycles. The van der Waals surface area contributed by atoms with Crippen LogP contribution in [0.15, 0.2) is 48.0 Å². The van der Waals surface area contributed by atoms with Crippen molar-refractivity contribution >= 4 is 39.6 Å². The lowest BCUT2D eigenvalue weighted by atomic mass is 9.97. The van der Waals surface area contributed by atoms with Crippen LogP contribution in [0, 0.1) is 0 Å². The summed E-state index contributed by atoms with van der Waals surface area (Å²) in [6.45, 7) is 2.41. The van der Waals surface area contributed by atoms with Gasteiger partial charge < -0.3 is 20.4 Å². The Kier molecular flexibility index (Phi) is 5.53. The van der Waals surface area contributed by atoms with Gasteiger partial charge in [0, 0.05) is 47.6 Å². The predicted molar refractivity (Wildman–Crippen MR) is 112 cm³/mol. The minimum Gasteiger partial charge on any atom is -0.376 e. The van der Waals surface area contributed by atoms with Gasteiger partial charge in [0.25, 0.3) is 0 Å². The third-order valence-electron chi connectivity index (χ3n) is 4.86. The van der Waals surface area contributed by atoms with E-state index < -0.39 is 0 Å². The number of hydrogen-bond acceptors (Lipinski definition) is 3. The van der Waals surface area contributed by atoms with Gasteiger partial charge in [-0.15, -0.1) is 11.3 Å². The molecule has 136 valence electrons. The Morgan fingerprint density at radius 3 is 3.00 bits per heavy atom. The second kappa shape index (κ2) is 8.20. The Labute approximate surface area is 163 Å². The first kappa shape index (κ1) is 17.5. The number of nitrogens with one attached hydrogen (secondary N) is 3. The SMILES string of the molecule is S=C(NC[C@@H]1CCCO1)NC[C@H](c1cccs1)c1c[nH]c2ccccc12. The average molecular weight is 386 g/mol. The average Bonchev–Trinajstić information content (AvgIpc) is 3.42. The van der Waals surface area contributed by atoms with Gasteiger partial charge in [-0.1, -0.05) is 24.3 Å². The molecule has 3 aromatic rings. The summed E-state index contributed by atoms with van der Waals surface area (Å²) in [6, 6.07) is 12.7. The van der Waals surface area contributed by atoms with Gasteiger partial charge in [0.1, 0.15) is 0 Å². The van der Waals surface area contributed by atoms with Crippen molar-refractivity contribution < 1.29 is 4.74 Å². The van der Waals surface area contributed by atoms with Crippen molar-refractivity contribution in [1.29, 1.82) is 0 Å². The first-order valence-electron chi connectivity index (χ1n) is 9.04. The maximum Gasteiger partial charge on any atom is 0.166 e. The van der Waals surface area contributed by atoms with Crippen LogP contribution in [-0.2, 0) is 4.74 Å². The van der Waals surface area contributed by atoms with Crippen molar-refractivity contribution in [2.24, 2.45) is 0 Å². The van der Waals surface area contributed by atoms with E-state index in [0.29, 0.717) is 5.11 Å². The lowest BCUT2D eigenvalue weighted by molar-refractivity contribution is 0.114. The Morgan fingerprint density at radius 1 is 1.27 bits per heavy atom. The van der Waals surface area contributed by atoms with E-state index in [4.69, 9.17) is 17.0 Å². The summed E-state index contributed by atoms with van der Waals surface area (Å²) in [5, 5.41) is 10.8. The van der Waals surface area contributed by atoms with Crippen LogP contribution in [0.1, 0.15) is 29.2 Å². The topological polar surface area (TPSA) is 49.1 Å². The minimum atomic E-state index is 0.258. The number of ether oxygens (including phenoxy) is 1. The van der Waals surface area contributed by atoms with Gasteiger partial charge in [-0.05, 0) is 48.1 Å². The fourth-order valence-corrected chi connectivity index (χ4v) is 4.52. The number of hydrogen-bond donors (Lipinski definition) is 3. The maximum absolute atomic E-state index is 5.64. The van der Waals surface area contributed by atoms with E-state index in [2.05, 4.69) is 63.6 Å². The summed E-state index contributed by atoms with van der Waals surface area (Å²) in [4.78, 5) is 4.73. The van der Waals surface area contributed by atoms with Crippen LogP contribution in [0.5, 0.6) is 0 Å². The largest absolute Gasteiger partial charge is 0.376 e. The summed E-state index contributed by atoms with van der Waals surface area (Å²) in [7, 11) is 0. The quantitative estimate of drug-likeness (QED) is 0.561. The Morgan fingerprint density at radius 2 is 2.19 bits per heavy atom. The Balaban J connectivity index is 1.45. The van der Waals surface area contributed by atoms with Crippen molar-refractivity contribution in [2.75, 3.05) is 19.7 Å². The van der Waals surface area contributed by atoms with Crippen molar-refractivity contribution in [2.45, 2.75) is 24.9 Å². The Hall–Kier alpha value is -1.89. The van der Waals surface area contributed by atoms with Gasteiger partial charge in [-0.25, -0.2) is 0 Å². The molecule has 2 aromatic heterocycles. The van der Waals surface area contributed by atoms with Crippen LogP contribution in [0.4, 0.5) is 0 Å². The van der Waals surface area contributed by atoms with E-state index in [0.717, 1.165) is 32.5 Å². The van der Waals surface area contributed by atoms with E-state index >= 15 is 0 Å². The van der Waals surface area contributed by atoms with Crippen LogP contribution in [0.2, 0.25) is 0 Å². The van der Waals surface area contributed by atoms with Crippen molar-refractivity contribution in [1.82, 2.24) is 15.6 Å². The zero-order valence-corrected chi connectivity index (χ0v) is 16.2. The number of rotatable bonds is 6. The smallest absolute Gasteiger partial charge is 0.166 e. The molecule has 0 radical (unpaired) electrons. The standard InChI is InChI=1S/C20H23N3OS2/c25-20(22-11-14-5-3-9-24-14)23-13-17(19-8-4-10-26-19)16-12-21-18-7-2-1-6-15(16)18/h1-2,4,6-8,10,12,14,17,21H,3,5,9,11,13H2,(H2,22,23,25)/t14-,17-/m0/s1. The van der Waals surface area contributed by atoms with Gasteiger partial charge >= 0.3 is 0 Å². The predicted octanol–water partition coefficient (Wildman–Crippen LogP) is 4.00. The van der Waals surface area contributed by atoms with Crippen molar-refractivity contribution in [3.05, 3.63) is 58.4 Å². The molecule has 0 saturated carbocycles. The fourth-order valence-electron chi connectivity index (χ4n) is 3.50. The molecule has 1 aromatic carbocycles. The molecule has 1 saturated heterocycles. The molecule has 3 heterocycles. The molecular formula is C20H23N3OS2. The third kappa shape index (κ3) is 3.92. The number of aromatic amines is 1. The van der Waals surface area contributed by atoms with Crippen LogP contribution in [-0.4, -0.2) is 35.9 Å². The van der Waals surface area contributed by atoms with Crippen LogP contribution in [0.3, 0.4) is 0 Å². The molecule has 0 unspecified atom stereocenters. The van der Waals surface area contributed by atoms with E-state index in [1.165, 1.54) is 21.3 Å². The lowest BCUT2D eigenvalue weighted by Gasteiger charge is -2.19. The van der Waals surface area contributed by atoms with Crippen molar-refractivity contribution in [3.8, 4) is 0 Å². The molecule has 0 spiro atoms. The van der Waals surface area contributed by atoms with Crippen molar-refractivity contribution in [3.63, 3.8) is 0 Å². The summed E-state index contributed by atoms with van der Waals surface area (Å²) in [5.41, 5.74) is 2.47. The monoisotopic (exact) mass is 385 g/mol. The molecule has 3 N–H and O–H groups in total. The van der Waals surface area contributed by atoms with Gasteiger partial charge in [-0.3, -0.25) is 0 Å². The summed E-state index contributed by atoms with van der Waals surface area (Å²) in [6.07, 6.45) is 4.67. The van der Waals surface area contributed by atoms with E-state index in [1.807, 2.05) is 0 Å². The second-order valence-corrected chi connectivity index (χ2v) is 7.97. The highest BCUT2D eigenvalue weighted by Crippen LogP contribution is 2.32. The highest BCUT2D eigenvalue weighted by Gasteiger charge is 2.20. The first-order chi connectivity index (χ1) is 12.8. The molecule has 1 aliphatic heterocycles. The zero-order valence-electron chi connectivity index (χ0n) is 14.5.